The predicted molar refractivity (Wildman–Crippen MR) is 129 cm³/mol. The van der Waals surface area contributed by atoms with Crippen molar-refractivity contribution in [3.8, 4) is 0 Å². The van der Waals surface area contributed by atoms with Crippen molar-refractivity contribution in [3.63, 3.8) is 0 Å². The van der Waals surface area contributed by atoms with Crippen LogP contribution >= 0.6 is 23.4 Å². The van der Waals surface area contributed by atoms with Crippen molar-refractivity contribution in [2.24, 2.45) is 0 Å². The second-order valence-corrected chi connectivity index (χ2v) is 9.04. The molecule has 0 aliphatic heterocycles. The largest absolute Gasteiger partial charge is 0.447 e. The number of thioether (sulfide) groups is 1. The Labute approximate surface area is 203 Å². The van der Waals surface area contributed by atoms with E-state index < -0.39 is 11.0 Å². The minimum Gasteiger partial charge on any atom is -0.244 e. The summed E-state index contributed by atoms with van der Waals surface area (Å²) in [5.41, 5.74) is -2.61. The summed E-state index contributed by atoms with van der Waals surface area (Å²) in [6, 6.07) is 30.4. The molecule has 170 valence electrons. The van der Waals surface area contributed by atoms with Crippen LogP contribution in [-0.4, -0.2) is 20.3 Å². The lowest BCUT2D eigenvalue weighted by molar-refractivity contribution is -0.0329. The van der Waals surface area contributed by atoms with Gasteiger partial charge in [-0.3, -0.25) is 0 Å². The molecule has 0 unspecified atom stereocenters. The van der Waals surface area contributed by atoms with Gasteiger partial charge >= 0.3 is 5.51 Å². The molecule has 34 heavy (non-hydrogen) atoms. The van der Waals surface area contributed by atoms with Crippen LogP contribution in [0.15, 0.2) is 108 Å². The zero-order valence-electron chi connectivity index (χ0n) is 17.6. The van der Waals surface area contributed by atoms with Crippen molar-refractivity contribution < 1.29 is 13.2 Å². The molecule has 3 nitrogen and oxygen atoms in total. The van der Waals surface area contributed by atoms with Gasteiger partial charge < -0.3 is 0 Å². The van der Waals surface area contributed by atoms with Gasteiger partial charge in [0.25, 0.3) is 0 Å². The Morgan fingerprint density at radius 1 is 0.735 bits per heavy atom. The number of pyridine rings is 1. The number of fused-ring (bicyclic) bond motifs is 1. The molecule has 0 saturated carbocycles. The molecule has 0 aliphatic rings. The summed E-state index contributed by atoms with van der Waals surface area (Å²) in [5.74, 6) is 0. The molecular weight excluding hydrogens is 479 g/mol. The standard InChI is InChI=1S/C26H17ClF3N3S/c27-23-16-22-21(17-31-23)24(34-26(28,29)30)32-33(22)25(18-10-4-1-5-11-18,19-12-6-2-7-13-19)20-14-8-3-9-15-20/h1-17H. The lowest BCUT2D eigenvalue weighted by Crippen LogP contribution is -2.38. The second-order valence-electron chi connectivity index (χ2n) is 7.60. The van der Waals surface area contributed by atoms with E-state index in [1.54, 1.807) is 10.7 Å². The Morgan fingerprint density at radius 2 is 1.21 bits per heavy atom. The number of hydrogen-bond acceptors (Lipinski definition) is 3. The van der Waals surface area contributed by atoms with Gasteiger partial charge in [-0.25, -0.2) is 9.67 Å². The zero-order chi connectivity index (χ0) is 23.8. The molecule has 0 N–H and O–H groups in total. The molecule has 5 rings (SSSR count). The van der Waals surface area contributed by atoms with Gasteiger partial charge in [-0.1, -0.05) is 103 Å². The van der Waals surface area contributed by atoms with Crippen LogP contribution in [0.2, 0.25) is 5.15 Å². The third-order valence-corrected chi connectivity index (χ3v) is 6.54. The molecule has 0 bridgehead atoms. The predicted octanol–water partition coefficient (Wildman–Crippen LogP) is 7.54. The van der Waals surface area contributed by atoms with Gasteiger partial charge in [-0.2, -0.15) is 18.3 Å². The van der Waals surface area contributed by atoms with Crippen molar-refractivity contribution in [1.82, 2.24) is 14.8 Å². The van der Waals surface area contributed by atoms with E-state index in [-0.39, 0.29) is 27.3 Å². The normalized spacial score (nSPS) is 12.2. The first-order valence-corrected chi connectivity index (χ1v) is 11.6. The minimum atomic E-state index is -4.51. The molecule has 3 aromatic carbocycles. The third kappa shape index (κ3) is 3.95. The van der Waals surface area contributed by atoms with E-state index in [4.69, 9.17) is 11.6 Å². The van der Waals surface area contributed by atoms with Crippen molar-refractivity contribution >= 4 is 34.3 Å². The molecular formula is C26H17ClF3N3S. The van der Waals surface area contributed by atoms with E-state index in [9.17, 15) is 13.2 Å². The molecule has 5 aromatic rings. The molecule has 8 heteroatoms. The van der Waals surface area contributed by atoms with Crippen molar-refractivity contribution in [2.75, 3.05) is 0 Å². The molecule has 2 heterocycles. The van der Waals surface area contributed by atoms with Crippen LogP contribution in [0.3, 0.4) is 0 Å². The van der Waals surface area contributed by atoms with Gasteiger partial charge in [-0.05, 0) is 16.7 Å². The molecule has 0 spiro atoms. The highest BCUT2D eigenvalue weighted by molar-refractivity contribution is 8.00. The fourth-order valence-corrected chi connectivity index (χ4v) is 5.07. The molecule has 0 saturated heterocycles. The minimum absolute atomic E-state index is 0.167. The van der Waals surface area contributed by atoms with Crippen LogP contribution in [0.4, 0.5) is 13.2 Å². The lowest BCUT2D eigenvalue weighted by Gasteiger charge is -2.37. The van der Waals surface area contributed by atoms with E-state index in [0.717, 1.165) is 16.7 Å². The van der Waals surface area contributed by atoms with Crippen LogP contribution in [0, 0.1) is 0 Å². The lowest BCUT2D eigenvalue weighted by atomic mass is 9.77. The summed E-state index contributed by atoms with van der Waals surface area (Å²) in [6.07, 6.45) is 1.35. The van der Waals surface area contributed by atoms with Crippen molar-refractivity contribution in [3.05, 3.63) is 125 Å². The smallest absolute Gasteiger partial charge is 0.244 e. The summed E-state index contributed by atoms with van der Waals surface area (Å²) in [4.78, 5) is 4.04. The van der Waals surface area contributed by atoms with E-state index in [1.165, 1.54) is 6.20 Å². The first-order chi connectivity index (χ1) is 16.4. The van der Waals surface area contributed by atoms with Gasteiger partial charge in [0.2, 0.25) is 0 Å². The third-order valence-electron chi connectivity index (χ3n) is 5.60. The van der Waals surface area contributed by atoms with Gasteiger partial charge in [0.1, 0.15) is 15.7 Å². The Hall–Kier alpha value is -3.29. The maximum atomic E-state index is 13.5. The van der Waals surface area contributed by atoms with E-state index in [0.29, 0.717) is 5.52 Å². The van der Waals surface area contributed by atoms with Crippen molar-refractivity contribution in [2.45, 2.75) is 16.1 Å². The van der Waals surface area contributed by atoms with Crippen molar-refractivity contribution in [1.29, 1.82) is 0 Å². The fourth-order valence-electron chi connectivity index (χ4n) is 4.30. The topological polar surface area (TPSA) is 30.7 Å². The number of rotatable bonds is 5. The van der Waals surface area contributed by atoms with Gasteiger partial charge in [0.05, 0.1) is 10.9 Å². The summed E-state index contributed by atoms with van der Waals surface area (Å²) in [5, 5.41) is 4.84. The zero-order valence-corrected chi connectivity index (χ0v) is 19.1. The first kappa shape index (κ1) is 22.5. The highest BCUT2D eigenvalue weighted by Crippen LogP contribution is 2.46. The van der Waals surface area contributed by atoms with Gasteiger partial charge in [-0.15, -0.1) is 0 Å². The summed E-state index contributed by atoms with van der Waals surface area (Å²) >= 11 is 5.98. The molecule has 0 radical (unpaired) electrons. The van der Waals surface area contributed by atoms with E-state index in [1.807, 2.05) is 91.0 Å². The molecule has 0 amide bonds. The van der Waals surface area contributed by atoms with Crippen LogP contribution < -0.4 is 0 Å². The first-order valence-electron chi connectivity index (χ1n) is 10.4. The number of benzene rings is 3. The summed E-state index contributed by atoms with van der Waals surface area (Å²) in [7, 11) is 0. The number of halogens is 4. The number of alkyl halides is 3. The highest BCUT2D eigenvalue weighted by Gasteiger charge is 2.42. The average Bonchev–Trinajstić information content (AvgIpc) is 3.18. The van der Waals surface area contributed by atoms with Crippen LogP contribution in [-0.2, 0) is 5.54 Å². The molecule has 0 atom stereocenters. The molecule has 0 fully saturated rings. The highest BCUT2D eigenvalue weighted by atomic mass is 35.5. The monoisotopic (exact) mass is 495 g/mol. The number of nitrogens with zero attached hydrogens (tertiary/aromatic N) is 3. The maximum absolute atomic E-state index is 13.5. The van der Waals surface area contributed by atoms with Gasteiger partial charge in [0, 0.05) is 24.0 Å². The number of hydrogen-bond donors (Lipinski definition) is 0. The average molecular weight is 496 g/mol. The van der Waals surface area contributed by atoms with Crippen LogP contribution in [0.25, 0.3) is 10.9 Å². The quantitative estimate of drug-likeness (QED) is 0.143. The SMILES string of the molecule is FC(F)(F)Sc1nn(C(c2ccccc2)(c2ccccc2)c2ccccc2)c2cc(Cl)ncc12. The van der Waals surface area contributed by atoms with E-state index in [2.05, 4.69) is 10.1 Å². The van der Waals surface area contributed by atoms with Gasteiger partial charge in [0.15, 0.2) is 0 Å². The summed E-state index contributed by atoms with van der Waals surface area (Å²) in [6.45, 7) is 0. The Bertz CT molecular complexity index is 1330. The Balaban J connectivity index is 1.96. The maximum Gasteiger partial charge on any atom is 0.447 e. The number of aromatic nitrogens is 3. The van der Waals surface area contributed by atoms with Crippen LogP contribution in [0.1, 0.15) is 16.7 Å². The Kier molecular flexibility index (Phi) is 5.83. The fraction of sp³-hybridized carbons (Fsp3) is 0.0769. The second kappa shape index (κ2) is 8.81. The van der Waals surface area contributed by atoms with E-state index >= 15 is 0 Å². The molecule has 0 aliphatic carbocycles. The molecule has 2 aromatic heterocycles. The van der Waals surface area contributed by atoms with Crippen LogP contribution in [0.5, 0.6) is 0 Å². The Morgan fingerprint density at radius 3 is 1.65 bits per heavy atom. The summed E-state index contributed by atoms with van der Waals surface area (Å²) < 4.78 is 42.1.